The highest BCUT2D eigenvalue weighted by atomic mass is 16.2. The summed E-state index contributed by atoms with van der Waals surface area (Å²) in [5.74, 6) is -0.815. The van der Waals surface area contributed by atoms with Crippen molar-refractivity contribution in [3.8, 4) is 0 Å². The Kier molecular flexibility index (Phi) is 3.96. The topological polar surface area (TPSA) is 54.5 Å². The number of amides is 1. The van der Waals surface area contributed by atoms with Crippen molar-refractivity contribution >= 4 is 23.0 Å². The van der Waals surface area contributed by atoms with Crippen LogP contribution in [0, 0.1) is 0 Å². The largest absolute Gasteiger partial charge is 0.325 e. The molecule has 27 heavy (non-hydrogen) atoms. The number of likely N-dealkylation sites (N-methyl/N-ethyl adjacent to an activating group) is 1. The van der Waals surface area contributed by atoms with E-state index in [9.17, 15) is 14.4 Å². The Bertz CT molecular complexity index is 1010. The van der Waals surface area contributed by atoms with Gasteiger partial charge in [-0.2, -0.15) is 0 Å². The normalized spacial score (nSPS) is 17.9. The van der Waals surface area contributed by atoms with Crippen molar-refractivity contribution in [1.29, 1.82) is 0 Å². The van der Waals surface area contributed by atoms with Crippen molar-refractivity contribution < 1.29 is 14.4 Å². The molecule has 1 heterocycles. The van der Waals surface area contributed by atoms with Crippen LogP contribution in [0.15, 0.2) is 90.5 Å². The van der Waals surface area contributed by atoms with Crippen LogP contribution in [0.1, 0.15) is 15.9 Å². The Hall–Kier alpha value is -3.53. The number of hydrogen-bond acceptors (Lipinski definition) is 3. The number of carbonyl (C=O) groups is 3. The minimum atomic E-state index is -0.952. The van der Waals surface area contributed by atoms with E-state index in [0.717, 1.165) is 5.56 Å². The predicted octanol–water partition coefficient (Wildman–Crippen LogP) is 3.23. The van der Waals surface area contributed by atoms with Gasteiger partial charge in [-0.3, -0.25) is 14.4 Å². The average Bonchev–Trinajstić information content (AvgIpc) is 2.93. The van der Waals surface area contributed by atoms with Crippen molar-refractivity contribution in [2.75, 3.05) is 7.05 Å². The number of allylic oxidation sites excluding steroid dienone is 2. The van der Waals surface area contributed by atoms with Crippen molar-refractivity contribution in [2.24, 2.45) is 0 Å². The first kappa shape index (κ1) is 16.9. The smallest absolute Gasteiger partial charge is 0.259 e. The van der Waals surface area contributed by atoms with Gasteiger partial charge in [0.05, 0.1) is 5.57 Å². The molecule has 132 valence electrons. The number of ketones is 2. The summed E-state index contributed by atoms with van der Waals surface area (Å²) in [5, 5.41) is 0. The van der Waals surface area contributed by atoms with Gasteiger partial charge in [-0.15, -0.1) is 0 Å². The van der Waals surface area contributed by atoms with Crippen molar-refractivity contribution in [3.63, 3.8) is 0 Å². The van der Waals surface area contributed by atoms with Gasteiger partial charge >= 0.3 is 0 Å². The number of Topliss-reactive ketones (excluding diaryl/α,β-unsaturated/α-hetero) is 1. The molecule has 4 nitrogen and oxygen atoms in total. The first-order valence-corrected chi connectivity index (χ1v) is 8.65. The number of benzene rings is 2. The van der Waals surface area contributed by atoms with Crippen LogP contribution in [-0.4, -0.2) is 35.0 Å². The zero-order chi connectivity index (χ0) is 19.0. The molecular formula is C23H17NO3. The Balaban J connectivity index is 2.00. The highest BCUT2D eigenvalue weighted by Crippen LogP contribution is 2.45. The minimum Gasteiger partial charge on any atom is -0.325 e. The zero-order valence-corrected chi connectivity index (χ0v) is 14.8. The standard InChI is InChI=1S/C23H17NO3/c1-24-22(27)19(21(26)17-10-6-3-7-11-17)20(16-8-4-2-5-9-16)23(24)14-12-18(25)13-15-23/h2-15H,1H3. The third-order valence-electron chi connectivity index (χ3n) is 5.05. The van der Waals surface area contributed by atoms with Gasteiger partial charge in [0.25, 0.3) is 5.91 Å². The predicted molar refractivity (Wildman–Crippen MR) is 103 cm³/mol. The highest BCUT2D eigenvalue weighted by Gasteiger charge is 2.49. The molecule has 4 heteroatoms. The second-order valence-corrected chi connectivity index (χ2v) is 6.57. The molecule has 0 radical (unpaired) electrons. The molecule has 1 aliphatic carbocycles. The van der Waals surface area contributed by atoms with Crippen molar-refractivity contribution in [1.82, 2.24) is 4.90 Å². The van der Waals surface area contributed by atoms with Gasteiger partial charge in [-0.25, -0.2) is 0 Å². The van der Waals surface area contributed by atoms with Gasteiger partial charge in [-0.1, -0.05) is 60.7 Å². The molecule has 0 N–H and O–H groups in total. The van der Waals surface area contributed by atoms with E-state index >= 15 is 0 Å². The molecule has 1 amide bonds. The Morgan fingerprint density at radius 1 is 0.852 bits per heavy atom. The summed E-state index contributed by atoms with van der Waals surface area (Å²) >= 11 is 0. The van der Waals surface area contributed by atoms with Crippen LogP contribution in [-0.2, 0) is 9.59 Å². The minimum absolute atomic E-state index is 0.138. The van der Waals surface area contributed by atoms with E-state index in [0.29, 0.717) is 11.1 Å². The van der Waals surface area contributed by atoms with Gasteiger partial charge in [0.1, 0.15) is 5.54 Å². The molecule has 0 saturated heterocycles. The highest BCUT2D eigenvalue weighted by molar-refractivity contribution is 6.33. The number of rotatable bonds is 3. The summed E-state index contributed by atoms with van der Waals surface area (Å²) in [5.41, 5.74) is 1.02. The molecule has 2 aromatic rings. The summed E-state index contributed by atoms with van der Waals surface area (Å²) in [4.78, 5) is 39.6. The van der Waals surface area contributed by atoms with E-state index in [2.05, 4.69) is 0 Å². The molecule has 2 aromatic carbocycles. The van der Waals surface area contributed by atoms with Crippen LogP contribution in [0.25, 0.3) is 5.57 Å². The van der Waals surface area contributed by atoms with E-state index < -0.39 is 5.54 Å². The van der Waals surface area contributed by atoms with E-state index in [1.54, 1.807) is 43.5 Å². The molecule has 0 bridgehead atoms. The fourth-order valence-corrected chi connectivity index (χ4v) is 3.66. The van der Waals surface area contributed by atoms with Crippen LogP contribution in [0.5, 0.6) is 0 Å². The fraction of sp³-hybridized carbons (Fsp3) is 0.0870. The van der Waals surface area contributed by atoms with Gasteiger partial charge in [0.2, 0.25) is 0 Å². The van der Waals surface area contributed by atoms with Gasteiger partial charge in [-0.05, 0) is 29.9 Å². The summed E-state index contributed by atoms with van der Waals surface area (Å²) < 4.78 is 0. The maximum absolute atomic E-state index is 13.3. The van der Waals surface area contributed by atoms with Crippen LogP contribution in [0.4, 0.5) is 0 Å². The van der Waals surface area contributed by atoms with E-state index in [1.165, 1.54) is 17.1 Å². The lowest BCUT2D eigenvalue weighted by Crippen LogP contribution is -2.43. The fourth-order valence-electron chi connectivity index (χ4n) is 3.66. The van der Waals surface area contributed by atoms with Crippen molar-refractivity contribution in [3.05, 3.63) is 102 Å². The molecule has 0 atom stereocenters. The summed E-state index contributed by atoms with van der Waals surface area (Å²) in [6, 6.07) is 18.1. The number of carbonyl (C=O) groups excluding carboxylic acids is 3. The molecule has 4 rings (SSSR count). The average molecular weight is 355 g/mol. The van der Waals surface area contributed by atoms with Crippen LogP contribution in [0.2, 0.25) is 0 Å². The zero-order valence-electron chi connectivity index (χ0n) is 14.8. The lowest BCUT2D eigenvalue weighted by atomic mass is 9.80. The van der Waals surface area contributed by atoms with E-state index in [-0.39, 0.29) is 23.0 Å². The molecule has 0 unspecified atom stereocenters. The first-order valence-electron chi connectivity index (χ1n) is 8.65. The van der Waals surface area contributed by atoms with Gasteiger partial charge < -0.3 is 4.90 Å². The maximum Gasteiger partial charge on any atom is 0.259 e. The Labute approximate surface area is 157 Å². The summed E-state index contributed by atoms with van der Waals surface area (Å²) in [6.45, 7) is 0. The monoisotopic (exact) mass is 355 g/mol. The summed E-state index contributed by atoms with van der Waals surface area (Å²) in [7, 11) is 1.65. The lowest BCUT2D eigenvalue weighted by Gasteiger charge is -2.34. The lowest BCUT2D eigenvalue weighted by molar-refractivity contribution is -0.126. The molecule has 0 saturated carbocycles. The quantitative estimate of drug-likeness (QED) is 0.627. The van der Waals surface area contributed by atoms with Gasteiger partial charge in [0.15, 0.2) is 11.6 Å². The molecule has 0 fully saturated rings. The van der Waals surface area contributed by atoms with Crippen LogP contribution >= 0.6 is 0 Å². The van der Waals surface area contributed by atoms with Crippen LogP contribution < -0.4 is 0 Å². The molecule has 0 aromatic heterocycles. The van der Waals surface area contributed by atoms with Crippen molar-refractivity contribution in [2.45, 2.75) is 5.54 Å². The molecule has 1 spiro atoms. The first-order chi connectivity index (χ1) is 13.0. The molecule has 1 aliphatic heterocycles. The Morgan fingerprint density at radius 2 is 1.41 bits per heavy atom. The van der Waals surface area contributed by atoms with E-state index in [1.807, 2.05) is 36.4 Å². The molecular weight excluding hydrogens is 338 g/mol. The number of nitrogens with zero attached hydrogens (tertiary/aromatic N) is 1. The second-order valence-electron chi connectivity index (χ2n) is 6.57. The maximum atomic E-state index is 13.3. The Morgan fingerprint density at radius 3 is 2.00 bits per heavy atom. The second kappa shape index (κ2) is 6.32. The van der Waals surface area contributed by atoms with E-state index in [4.69, 9.17) is 0 Å². The number of hydrogen-bond donors (Lipinski definition) is 0. The SMILES string of the molecule is CN1C(=O)C(C(=O)c2ccccc2)=C(c2ccccc2)C12C=CC(=O)C=C2. The molecule has 2 aliphatic rings. The summed E-state index contributed by atoms with van der Waals surface area (Å²) in [6.07, 6.45) is 6.28. The third kappa shape index (κ3) is 2.57. The third-order valence-corrected chi connectivity index (χ3v) is 5.05. The van der Waals surface area contributed by atoms with Gasteiger partial charge in [0, 0.05) is 18.2 Å². The van der Waals surface area contributed by atoms with Crippen LogP contribution in [0.3, 0.4) is 0 Å².